The topological polar surface area (TPSA) is 68.9 Å². The Labute approximate surface area is 208 Å². The molecule has 36 heavy (non-hydrogen) atoms. The molecule has 5 aromatic rings. The van der Waals surface area contributed by atoms with Crippen LogP contribution in [0.4, 0.5) is 0 Å². The quantitative estimate of drug-likeness (QED) is 0.180. The molecule has 1 aromatic heterocycles. The number of fused-ring (bicyclic) bond motifs is 1. The molecule has 5 heteroatoms. The molecule has 1 heterocycles. The molecule has 1 N–H and O–H groups in total. The zero-order valence-corrected chi connectivity index (χ0v) is 19.5. The van der Waals surface area contributed by atoms with Gasteiger partial charge >= 0.3 is 0 Å². The van der Waals surface area contributed by atoms with E-state index in [1.54, 1.807) is 18.4 Å². The first-order valence-corrected chi connectivity index (χ1v) is 11.6. The Kier molecular flexibility index (Phi) is 6.81. The third-order valence-electron chi connectivity index (χ3n) is 5.69. The van der Waals surface area contributed by atoms with Gasteiger partial charge in [-0.15, -0.1) is 0 Å². The van der Waals surface area contributed by atoms with Crippen molar-refractivity contribution in [1.82, 2.24) is 0 Å². The summed E-state index contributed by atoms with van der Waals surface area (Å²) in [5.41, 5.74) is 3.54. The van der Waals surface area contributed by atoms with Gasteiger partial charge in [0.2, 0.25) is 0 Å². The maximum Gasteiger partial charge on any atom is 0.193 e. The number of hydrogen-bond donors (Lipinski definition) is 1. The van der Waals surface area contributed by atoms with Gasteiger partial charge in [0.1, 0.15) is 41.6 Å². The number of ketones is 1. The van der Waals surface area contributed by atoms with E-state index in [0.717, 1.165) is 27.7 Å². The number of aromatic hydroxyl groups is 1. The summed E-state index contributed by atoms with van der Waals surface area (Å²) in [6, 6.07) is 30.0. The zero-order valence-electron chi connectivity index (χ0n) is 19.5. The predicted octanol–water partition coefficient (Wildman–Crippen LogP) is 7.19. The van der Waals surface area contributed by atoms with Crippen LogP contribution in [0.1, 0.15) is 27.0 Å². The van der Waals surface area contributed by atoms with Gasteiger partial charge in [-0.05, 0) is 34.9 Å². The van der Waals surface area contributed by atoms with Crippen LogP contribution in [-0.2, 0) is 13.2 Å². The van der Waals surface area contributed by atoms with Crippen molar-refractivity contribution in [3.05, 3.63) is 132 Å². The van der Waals surface area contributed by atoms with Gasteiger partial charge in [-0.3, -0.25) is 4.79 Å². The predicted molar refractivity (Wildman–Crippen MR) is 139 cm³/mol. The Hall–Kier alpha value is -4.77. The zero-order chi connectivity index (χ0) is 24.7. The lowest BCUT2D eigenvalue weighted by Crippen LogP contribution is -2.04. The number of carbonyl (C=O) groups is 1. The van der Waals surface area contributed by atoms with Crippen molar-refractivity contribution in [2.24, 2.45) is 0 Å². The number of carbonyl (C=O) groups excluding carboxylic acids is 1. The van der Waals surface area contributed by atoms with Crippen LogP contribution in [0.15, 0.2) is 114 Å². The van der Waals surface area contributed by atoms with Gasteiger partial charge in [-0.25, -0.2) is 0 Å². The summed E-state index contributed by atoms with van der Waals surface area (Å²) in [5.74, 6) is 0.0609. The van der Waals surface area contributed by atoms with Crippen LogP contribution in [0.25, 0.3) is 17.0 Å². The van der Waals surface area contributed by atoms with E-state index in [9.17, 15) is 9.90 Å². The highest BCUT2D eigenvalue weighted by molar-refractivity contribution is 6.10. The largest absolute Gasteiger partial charge is 0.507 e. The SMILES string of the molecule is O=C(/C=C/c1ccc2ccoc2c1)c1c(O)cc(OCc2ccccc2)cc1OCc1ccccc1. The van der Waals surface area contributed by atoms with E-state index < -0.39 is 0 Å². The van der Waals surface area contributed by atoms with Gasteiger partial charge in [0.05, 0.1) is 6.26 Å². The Morgan fingerprint density at radius 3 is 2.22 bits per heavy atom. The molecule has 178 valence electrons. The Balaban J connectivity index is 1.41. The number of phenolic OH excluding ortho intramolecular Hbond substituents is 1. The van der Waals surface area contributed by atoms with E-state index in [1.165, 1.54) is 12.1 Å². The van der Waals surface area contributed by atoms with Crippen LogP contribution >= 0.6 is 0 Å². The van der Waals surface area contributed by atoms with E-state index in [1.807, 2.05) is 84.9 Å². The number of allylic oxidation sites excluding steroid dienone is 1. The summed E-state index contributed by atoms with van der Waals surface area (Å²) >= 11 is 0. The van der Waals surface area contributed by atoms with E-state index in [0.29, 0.717) is 12.4 Å². The van der Waals surface area contributed by atoms with Crippen LogP contribution in [0, 0.1) is 0 Å². The third-order valence-corrected chi connectivity index (χ3v) is 5.69. The van der Waals surface area contributed by atoms with Crippen LogP contribution in [-0.4, -0.2) is 10.9 Å². The van der Waals surface area contributed by atoms with Gasteiger partial charge < -0.3 is 19.0 Å². The maximum absolute atomic E-state index is 13.2. The summed E-state index contributed by atoms with van der Waals surface area (Å²) < 4.78 is 17.3. The average molecular weight is 477 g/mol. The highest BCUT2D eigenvalue weighted by Crippen LogP contribution is 2.35. The Bertz CT molecular complexity index is 1500. The molecule has 0 bridgehead atoms. The molecular weight excluding hydrogens is 452 g/mol. The van der Waals surface area contributed by atoms with Crippen molar-refractivity contribution >= 4 is 22.8 Å². The van der Waals surface area contributed by atoms with E-state index in [2.05, 4.69) is 0 Å². The lowest BCUT2D eigenvalue weighted by Gasteiger charge is -2.14. The second-order valence-corrected chi connectivity index (χ2v) is 8.28. The van der Waals surface area contributed by atoms with Crippen molar-refractivity contribution in [2.75, 3.05) is 0 Å². The molecule has 0 saturated heterocycles. The molecule has 0 spiro atoms. The number of furan rings is 1. The number of ether oxygens (including phenoxy) is 2. The highest BCUT2D eigenvalue weighted by Gasteiger charge is 2.19. The minimum atomic E-state index is -0.385. The molecule has 0 amide bonds. The standard InChI is InChI=1S/C31H24O5/c32-27(14-12-22-11-13-25-15-16-34-29(25)17-22)31-28(33)18-26(35-20-23-7-3-1-4-8-23)19-30(31)36-21-24-9-5-2-6-10-24/h1-19,33H,20-21H2/b14-12+. The highest BCUT2D eigenvalue weighted by atomic mass is 16.5. The molecule has 0 saturated carbocycles. The van der Waals surface area contributed by atoms with Crippen molar-refractivity contribution in [1.29, 1.82) is 0 Å². The molecule has 0 radical (unpaired) electrons. The van der Waals surface area contributed by atoms with Crippen LogP contribution in [0.5, 0.6) is 17.2 Å². The second-order valence-electron chi connectivity index (χ2n) is 8.28. The lowest BCUT2D eigenvalue weighted by molar-refractivity contribution is 0.104. The fourth-order valence-electron chi connectivity index (χ4n) is 3.83. The maximum atomic E-state index is 13.2. The van der Waals surface area contributed by atoms with Gasteiger partial charge in [0.15, 0.2) is 5.78 Å². The fourth-order valence-corrected chi connectivity index (χ4v) is 3.83. The lowest BCUT2D eigenvalue weighted by atomic mass is 10.1. The summed E-state index contributed by atoms with van der Waals surface area (Å²) in [6.45, 7) is 0.558. The number of hydrogen-bond acceptors (Lipinski definition) is 5. The van der Waals surface area contributed by atoms with Gasteiger partial charge in [0, 0.05) is 17.5 Å². The second kappa shape index (κ2) is 10.7. The van der Waals surface area contributed by atoms with Crippen molar-refractivity contribution in [2.45, 2.75) is 13.2 Å². The molecule has 5 nitrogen and oxygen atoms in total. The number of benzene rings is 4. The molecule has 0 aliphatic rings. The minimum absolute atomic E-state index is 0.0771. The molecule has 4 aromatic carbocycles. The molecule has 0 fully saturated rings. The van der Waals surface area contributed by atoms with E-state index >= 15 is 0 Å². The summed E-state index contributed by atoms with van der Waals surface area (Å²) in [7, 11) is 0. The van der Waals surface area contributed by atoms with E-state index in [-0.39, 0.29) is 29.5 Å². The molecule has 0 atom stereocenters. The van der Waals surface area contributed by atoms with Crippen molar-refractivity contribution < 1.29 is 23.8 Å². The van der Waals surface area contributed by atoms with Crippen molar-refractivity contribution in [3.63, 3.8) is 0 Å². The molecule has 0 unspecified atom stereocenters. The molecular formula is C31H24O5. The van der Waals surface area contributed by atoms with Crippen molar-refractivity contribution in [3.8, 4) is 17.2 Å². The number of rotatable bonds is 9. The molecule has 5 rings (SSSR count). The first kappa shape index (κ1) is 23.0. The van der Waals surface area contributed by atoms with Gasteiger partial charge in [-0.1, -0.05) is 78.9 Å². The first-order valence-electron chi connectivity index (χ1n) is 11.6. The average Bonchev–Trinajstić information content (AvgIpc) is 3.38. The first-order chi connectivity index (χ1) is 17.7. The summed E-state index contributed by atoms with van der Waals surface area (Å²) in [6.07, 6.45) is 4.72. The summed E-state index contributed by atoms with van der Waals surface area (Å²) in [4.78, 5) is 13.2. The van der Waals surface area contributed by atoms with Crippen LogP contribution in [0.2, 0.25) is 0 Å². The smallest absolute Gasteiger partial charge is 0.193 e. The van der Waals surface area contributed by atoms with Gasteiger partial charge in [-0.2, -0.15) is 0 Å². The normalized spacial score (nSPS) is 11.1. The monoisotopic (exact) mass is 476 g/mol. The van der Waals surface area contributed by atoms with Gasteiger partial charge in [0.25, 0.3) is 0 Å². The van der Waals surface area contributed by atoms with Crippen LogP contribution < -0.4 is 9.47 Å². The Morgan fingerprint density at radius 1 is 0.806 bits per heavy atom. The third kappa shape index (κ3) is 5.47. The minimum Gasteiger partial charge on any atom is -0.507 e. The van der Waals surface area contributed by atoms with E-state index in [4.69, 9.17) is 13.9 Å². The molecule has 0 aliphatic heterocycles. The molecule has 0 aliphatic carbocycles. The fraction of sp³-hybridized carbons (Fsp3) is 0.0645. The summed E-state index contributed by atoms with van der Waals surface area (Å²) in [5, 5.41) is 11.8. The Morgan fingerprint density at radius 2 is 1.50 bits per heavy atom. The van der Waals surface area contributed by atoms with Crippen LogP contribution in [0.3, 0.4) is 0 Å². The number of phenols is 1.